The van der Waals surface area contributed by atoms with Gasteiger partial charge in [-0.15, -0.1) is 0 Å². The first-order valence-corrected chi connectivity index (χ1v) is 33.5. The number of phosphoric ester groups is 1. The summed E-state index contributed by atoms with van der Waals surface area (Å²) in [6.07, 6.45) is 96.2. The molecule has 3 atom stereocenters. The maximum Gasteiger partial charge on any atom is 0.472 e. The van der Waals surface area contributed by atoms with E-state index in [2.05, 4.69) is 177 Å². The Labute approximate surface area is 498 Å². The van der Waals surface area contributed by atoms with Crippen LogP contribution in [0.3, 0.4) is 0 Å². The molecule has 9 heteroatoms. The van der Waals surface area contributed by atoms with Gasteiger partial charge < -0.3 is 19.8 Å². The fourth-order valence-electron chi connectivity index (χ4n) is 8.19. The Morgan fingerprint density at radius 2 is 0.753 bits per heavy atom. The lowest BCUT2D eigenvalue weighted by Crippen LogP contribution is -2.45. The standard InChI is InChI=1S/C72H119N2O6P/c1-6-8-10-12-14-16-18-20-22-24-26-28-29-30-31-32-33-34-35-36-37-38-39-40-41-42-43-44-45-46-48-50-52-54-56-58-60-62-64-66-72(76)73-70(69-80-81(77,78)79-68-67-74(3,4)5)71(75)65-63-61-59-57-55-53-51-49-47-27-25-23-21-19-17-15-13-11-9-7-2/h8,10,14,16,20,22,26,28,30-31,33-34,36-37,39-40,42-43,45-47,49-50,52,55,57,63,65,70-71,75H,6-7,9,11-13,15,17-19,21,23-25,27,29,32,35,38,41,44,48,51,53-54,56,58-62,64,66-69H2,1-5H3,(H-,73,76,77,78)/p+1/b10-8-,16-14-,22-20-,28-26-,31-30-,34-33-,37-36-,40-39-,43-42-,46-45-,49-47+,52-50-,57-55+,65-63+. The van der Waals surface area contributed by atoms with E-state index in [0.717, 1.165) is 135 Å². The third-order valence-corrected chi connectivity index (χ3v) is 14.1. The summed E-state index contributed by atoms with van der Waals surface area (Å²) in [6, 6.07) is -0.894. The molecule has 458 valence electrons. The number of amides is 1. The summed E-state index contributed by atoms with van der Waals surface area (Å²) in [5, 5.41) is 13.9. The van der Waals surface area contributed by atoms with Crippen molar-refractivity contribution in [3.63, 3.8) is 0 Å². The van der Waals surface area contributed by atoms with Gasteiger partial charge in [0.05, 0.1) is 39.9 Å². The van der Waals surface area contributed by atoms with Crippen LogP contribution >= 0.6 is 7.82 Å². The minimum absolute atomic E-state index is 0.0401. The SMILES string of the molecule is CC/C=C\C/C=C\C/C=C\C/C=C\C/C=C\C/C=C\C/C=C\C/C=C\C/C=C\C/C=C\C/C=C\CCCCCCCC(=O)NC(COP(=O)(O)OCC[N+](C)(C)C)C(O)/C=C/CC/C=C/CC/C=C/CCCCCCCCCCCC. The van der Waals surface area contributed by atoms with E-state index in [-0.39, 0.29) is 19.1 Å². The topological polar surface area (TPSA) is 105 Å². The Hall–Kier alpha value is -4.14. The molecule has 1 amide bonds. The largest absolute Gasteiger partial charge is 0.472 e. The lowest BCUT2D eigenvalue weighted by Gasteiger charge is -2.25. The van der Waals surface area contributed by atoms with Crippen LogP contribution in [0.4, 0.5) is 0 Å². The smallest absolute Gasteiger partial charge is 0.387 e. The molecule has 0 radical (unpaired) electrons. The molecule has 0 aromatic rings. The molecule has 0 fully saturated rings. The van der Waals surface area contributed by atoms with Gasteiger partial charge in [0.1, 0.15) is 13.2 Å². The minimum atomic E-state index is -4.38. The van der Waals surface area contributed by atoms with Crippen LogP contribution in [0.25, 0.3) is 0 Å². The zero-order valence-electron chi connectivity index (χ0n) is 52.2. The highest BCUT2D eigenvalue weighted by molar-refractivity contribution is 7.47. The van der Waals surface area contributed by atoms with Gasteiger partial charge in [0, 0.05) is 6.42 Å². The molecule has 0 aliphatic heterocycles. The van der Waals surface area contributed by atoms with E-state index in [1.165, 1.54) is 70.6 Å². The molecule has 0 spiro atoms. The number of nitrogens with zero attached hydrogens (tertiary/aromatic N) is 1. The molecule has 8 nitrogen and oxygen atoms in total. The zero-order chi connectivity index (χ0) is 59.1. The third-order valence-electron chi connectivity index (χ3n) is 13.1. The number of nitrogens with one attached hydrogen (secondary N) is 1. The van der Waals surface area contributed by atoms with Gasteiger partial charge in [-0.05, 0) is 128 Å². The lowest BCUT2D eigenvalue weighted by atomic mass is 10.1. The summed E-state index contributed by atoms with van der Waals surface area (Å²) < 4.78 is 23.7. The molecule has 0 aromatic heterocycles. The van der Waals surface area contributed by atoms with Crippen molar-refractivity contribution in [1.29, 1.82) is 0 Å². The first kappa shape index (κ1) is 76.9. The number of carbonyl (C=O) groups excluding carboxylic acids is 1. The predicted molar refractivity (Wildman–Crippen MR) is 354 cm³/mol. The van der Waals surface area contributed by atoms with E-state index in [1.807, 2.05) is 27.2 Å². The van der Waals surface area contributed by atoms with Crippen molar-refractivity contribution in [1.82, 2.24) is 5.32 Å². The molecule has 0 saturated carbocycles. The van der Waals surface area contributed by atoms with E-state index in [1.54, 1.807) is 6.08 Å². The Bertz CT molecular complexity index is 1920. The van der Waals surface area contributed by atoms with Crippen molar-refractivity contribution in [3.05, 3.63) is 170 Å². The normalized spacial score (nSPS) is 14.9. The highest BCUT2D eigenvalue weighted by atomic mass is 31.2. The number of aliphatic hydroxyl groups excluding tert-OH is 1. The van der Waals surface area contributed by atoms with Crippen LogP contribution in [0.15, 0.2) is 170 Å². The Balaban J connectivity index is 4.28. The number of aliphatic hydroxyl groups is 1. The molecular weight excluding hydrogens is 1020 g/mol. The number of rotatable bonds is 56. The molecule has 0 heterocycles. The van der Waals surface area contributed by atoms with Crippen LogP contribution in [0, 0.1) is 0 Å². The maximum absolute atomic E-state index is 13.0. The zero-order valence-corrected chi connectivity index (χ0v) is 53.1. The van der Waals surface area contributed by atoms with Gasteiger partial charge in [-0.1, -0.05) is 261 Å². The predicted octanol–water partition coefficient (Wildman–Crippen LogP) is 20.4. The van der Waals surface area contributed by atoms with E-state index in [4.69, 9.17) is 9.05 Å². The van der Waals surface area contributed by atoms with Crippen molar-refractivity contribution in [2.75, 3.05) is 40.9 Å². The van der Waals surface area contributed by atoms with Crippen molar-refractivity contribution in [2.24, 2.45) is 0 Å². The Morgan fingerprint density at radius 3 is 1.14 bits per heavy atom. The summed E-state index contributed by atoms with van der Waals surface area (Å²) >= 11 is 0. The summed E-state index contributed by atoms with van der Waals surface area (Å²) in [5.74, 6) is -0.217. The maximum atomic E-state index is 13.0. The van der Waals surface area contributed by atoms with E-state index in [0.29, 0.717) is 17.4 Å². The second-order valence-electron chi connectivity index (χ2n) is 22.0. The number of likely N-dealkylation sites (N-methyl/N-ethyl adjacent to an activating group) is 1. The molecule has 0 bridgehead atoms. The number of hydrogen-bond acceptors (Lipinski definition) is 5. The van der Waals surface area contributed by atoms with Gasteiger partial charge in [0.25, 0.3) is 0 Å². The van der Waals surface area contributed by atoms with Crippen molar-refractivity contribution in [3.8, 4) is 0 Å². The second-order valence-corrected chi connectivity index (χ2v) is 23.5. The molecular formula is C72H120N2O6P+. The van der Waals surface area contributed by atoms with Crippen LogP contribution in [0.5, 0.6) is 0 Å². The van der Waals surface area contributed by atoms with Crippen LogP contribution in [0.1, 0.15) is 226 Å². The quantitative estimate of drug-likeness (QED) is 0.0243. The third kappa shape index (κ3) is 63.3. The second kappa shape index (κ2) is 60.5. The first-order valence-electron chi connectivity index (χ1n) is 32.0. The average molecular weight is 1140 g/mol. The monoisotopic (exact) mass is 1140 g/mol. The minimum Gasteiger partial charge on any atom is -0.387 e. The van der Waals surface area contributed by atoms with Gasteiger partial charge in [-0.25, -0.2) is 4.57 Å². The van der Waals surface area contributed by atoms with Crippen molar-refractivity contribution >= 4 is 13.7 Å². The molecule has 0 aliphatic rings. The molecule has 3 N–H and O–H groups in total. The van der Waals surface area contributed by atoms with Gasteiger partial charge >= 0.3 is 7.82 Å². The van der Waals surface area contributed by atoms with E-state index in [9.17, 15) is 19.4 Å². The molecule has 0 aliphatic carbocycles. The first-order chi connectivity index (χ1) is 39.5. The molecule has 0 rings (SSSR count). The number of carbonyl (C=O) groups is 1. The summed E-state index contributed by atoms with van der Waals surface area (Å²) in [4.78, 5) is 23.3. The van der Waals surface area contributed by atoms with Gasteiger partial charge in [0.15, 0.2) is 0 Å². The number of phosphoric acid groups is 1. The van der Waals surface area contributed by atoms with E-state index >= 15 is 0 Å². The molecule has 0 saturated heterocycles. The highest BCUT2D eigenvalue weighted by Gasteiger charge is 2.27. The summed E-state index contributed by atoms with van der Waals surface area (Å²) in [5.41, 5.74) is 0. The number of allylic oxidation sites excluding steroid dienone is 27. The molecule has 81 heavy (non-hydrogen) atoms. The van der Waals surface area contributed by atoms with E-state index < -0.39 is 20.0 Å². The summed E-state index contributed by atoms with van der Waals surface area (Å²) in [6.45, 7) is 4.64. The number of unbranched alkanes of at least 4 members (excludes halogenated alkanes) is 17. The van der Waals surface area contributed by atoms with Crippen molar-refractivity contribution < 1.29 is 32.9 Å². The van der Waals surface area contributed by atoms with Gasteiger partial charge in [0.2, 0.25) is 5.91 Å². The van der Waals surface area contributed by atoms with Gasteiger partial charge in [-0.2, -0.15) is 0 Å². The average Bonchev–Trinajstić information content (AvgIpc) is 3.43. The number of quaternary nitrogens is 1. The lowest BCUT2D eigenvalue weighted by molar-refractivity contribution is -0.870. The highest BCUT2D eigenvalue weighted by Crippen LogP contribution is 2.43. The van der Waals surface area contributed by atoms with Crippen LogP contribution in [0.2, 0.25) is 0 Å². The summed E-state index contributed by atoms with van der Waals surface area (Å²) in [7, 11) is 1.51. The fourth-order valence-corrected chi connectivity index (χ4v) is 8.93. The van der Waals surface area contributed by atoms with Crippen LogP contribution in [-0.4, -0.2) is 73.4 Å². The van der Waals surface area contributed by atoms with Gasteiger partial charge in [-0.3, -0.25) is 13.8 Å². The van der Waals surface area contributed by atoms with Crippen LogP contribution < -0.4 is 5.32 Å². The molecule has 0 aromatic carbocycles. The Morgan fingerprint density at radius 1 is 0.432 bits per heavy atom. The fraction of sp³-hybridized carbons (Fsp3) is 0.597. The number of hydrogen-bond donors (Lipinski definition) is 3. The van der Waals surface area contributed by atoms with Crippen LogP contribution in [-0.2, 0) is 18.4 Å². The Kier molecular flexibility index (Phi) is 57.4. The molecule has 3 unspecified atom stereocenters. The van der Waals surface area contributed by atoms with Crippen molar-refractivity contribution in [2.45, 2.75) is 238 Å².